The van der Waals surface area contributed by atoms with E-state index in [0.29, 0.717) is 0 Å². The first-order valence-corrected chi connectivity index (χ1v) is 4.42. The molecule has 0 aromatic rings. The van der Waals surface area contributed by atoms with Gasteiger partial charge in [0.05, 0.1) is 0 Å². The topological polar surface area (TPSA) is 38.0 Å². The molecule has 0 fully saturated rings. The molecular weight excluding hydrogens is 148 g/mol. The lowest BCUT2D eigenvalue weighted by atomic mass is 10.2. The third-order valence-electron chi connectivity index (χ3n) is 1.78. The van der Waals surface area contributed by atoms with Crippen LogP contribution in [-0.4, -0.2) is 6.54 Å². The van der Waals surface area contributed by atoms with Crippen LogP contribution in [0.3, 0.4) is 0 Å². The van der Waals surface area contributed by atoms with Crippen molar-refractivity contribution in [3.63, 3.8) is 0 Å². The van der Waals surface area contributed by atoms with Gasteiger partial charge in [0.2, 0.25) is 0 Å². The molecule has 1 rings (SSSR count). The smallest absolute Gasteiger partial charge is 0.0146 e. The maximum atomic E-state index is 5.41. The van der Waals surface area contributed by atoms with Crippen molar-refractivity contribution in [3.8, 4) is 0 Å². The number of hydrogen-bond donors (Lipinski definition) is 2. The van der Waals surface area contributed by atoms with E-state index in [1.54, 1.807) is 0 Å². The maximum absolute atomic E-state index is 5.41. The second-order valence-corrected chi connectivity index (χ2v) is 2.83. The van der Waals surface area contributed by atoms with Crippen LogP contribution in [0.2, 0.25) is 0 Å². The van der Waals surface area contributed by atoms with Crippen LogP contribution < -0.4 is 11.1 Å². The fourth-order valence-corrected chi connectivity index (χ4v) is 1.11. The Morgan fingerprint density at radius 1 is 1.17 bits per heavy atom. The predicted molar refractivity (Wildman–Crippen MR) is 52.4 cm³/mol. The van der Waals surface area contributed by atoms with E-state index in [4.69, 9.17) is 5.73 Å². The summed E-state index contributed by atoms with van der Waals surface area (Å²) in [7, 11) is 0. The Morgan fingerprint density at radius 3 is 2.92 bits per heavy atom. The van der Waals surface area contributed by atoms with Crippen molar-refractivity contribution in [1.29, 1.82) is 0 Å². The van der Waals surface area contributed by atoms with Crippen molar-refractivity contribution in [3.05, 3.63) is 36.2 Å². The van der Waals surface area contributed by atoms with Gasteiger partial charge in [0.1, 0.15) is 0 Å². The second kappa shape index (κ2) is 5.61. The first-order valence-electron chi connectivity index (χ1n) is 4.42. The molecule has 66 valence electrons. The van der Waals surface area contributed by atoms with Crippen LogP contribution in [0.4, 0.5) is 0 Å². The Labute approximate surface area is 73.8 Å². The fraction of sp³-hybridized carbons (Fsp3) is 0.400. The van der Waals surface area contributed by atoms with Gasteiger partial charge in [0.15, 0.2) is 0 Å². The molecule has 0 aromatic heterocycles. The molecule has 0 aliphatic carbocycles. The average Bonchev–Trinajstić information content (AvgIpc) is 2.33. The van der Waals surface area contributed by atoms with Gasteiger partial charge >= 0.3 is 0 Å². The first-order chi connectivity index (χ1) is 5.93. The van der Waals surface area contributed by atoms with Crippen LogP contribution in [0.25, 0.3) is 0 Å². The summed E-state index contributed by atoms with van der Waals surface area (Å²) in [6, 6.07) is 0. The zero-order valence-corrected chi connectivity index (χ0v) is 7.29. The zero-order chi connectivity index (χ0) is 8.65. The minimum atomic E-state index is 0.791. The van der Waals surface area contributed by atoms with E-state index in [2.05, 4.69) is 11.4 Å². The lowest BCUT2D eigenvalue weighted by Crippen LogP contribution is -2.05. The SMILES string of the molecule is NCCCCC1=CC=CC=CN1. The van der Waals surface area contributed by atoms with Crippen LogP contribution in [0.5, 0.6) is 0 Å². The maximum Gasteiger partial charge on any atom is 0.0146 e. The molecule has 1 aliphatic heterocycles. The quantitative estimate of drug-likeness (QED) is 0.620. The summed E-state index contributed by atoms with van der Waals surface area (Å²) in [5, 5.41) is 3.22. The van der Waals surface area contributed by atoms with Crippen molar-refractivity contribution in [2.24, 2.45) is 5.73 Å². The molecule has 2 nitrogen and oxygen atoms in total. The monoisotopic (exact) mass is 164 g/mol. The highest BCUT2D eigenvalue weighted by atomic mass is 14.8. The van der Waals surface area contributed by atoms with Crippen LogP contribution in [-0.2, 0) is 0 Å². The first kappa shape index (κ1) is 9.07. The molecule has 1 heterocycles. The summed E-state index contributed by atoms with van der Waals surface area (Å²) >= 11 is 0. The highest BCUT2D eigenvalue weighted by molar-refractivity contribution is 5.20. The number of unbranched alkanes of at least 4 members (excludes halogenated alkanes) is 1. The summed E-state index contributed by atoms with van der Waals surface area (Å²) in [4.78, 5) is 0. The molecule has 0 saturated carbocycles. The lowest BCUT2D eigenvalue weighted by Gasteiger charge is -2.04. The summed E-state index contributed by atoms with van der Waals surface area (Å²) < 4.78 is 0. The number of nitrogens with two attached hydrogens (primary N) is 1. The highest BCUT2D eigenvalue weighted by Crippen LogP contribution is 2.05. The summed E-state index contributed by atoms with van der Waals surface area (Å²) in [6.07, 6.45) is 13.5. The van der Waals surface area contributed by atoms with Gasteiger partial charge in [0.25, 0.3) is 0 Å². The van der Waals surface area contributed by atoms with Crippen LogP contribution in [0.15, 0.2) is 36.2 Å². The van der Waals surface area contributed by atoms with Gasteiger partial charge < -0.3 is 11.1 Å². The molecule has 2 heteroatoms. The summed E-state index contributed by atoms with van der Waals surface area (Å²) in [5.41, 5.74) is 6.68. The van der Waals surface area contributed by atoms with Gasteiger partial charge in [-0.3, -0.25) is 0 Å². The van der Waals surface area contributed by atoms with Crippen molar-refractivity contribution >= 4 is 0 Å². The summed E-state index contributed by atoms with van der Waals surface area (Å²) in [5.74, 6) is 0. The third kappa shape index (κ3) is 3.39. The van der Waals surface area contributed by atoms with E-state index in [0.717, 1.165) is 25.8 Å². The number of nitrogens with one attached hydrogen (secondary N) is 1. The molecule has 0 atom stereocenters. The Kier molecular flexibility index (Phi) is 4.24. The minimum Gasteiger partial charge on any atom is -0.365 e. The third-order valence-corrected chi connectivity index (χ3v) is 1.78. The molecule has 3 N–H and O–H groups in total. The molecular formula is C10H16N2. The average molecular weight is 164 g/mol. The van der Waals surface area contributed by atoms with E-state index in [9.17, 15) is 0 Å². The highest BCUT2D eigenvalue weighted by Gasteiger charge is 1.94. The molecule has 0 aromatic carbocycles. The van der Waals surface area contributed by atoms with E-state index in [1.807, 2.05) is 24.4 Å². The van der Waals surface area contributed by atoms with Gasteiger partial charge in [-0.1, -0.05) is 12.2 Å². The van der Waals surface area contributed by atoms with Crippen LogP contribution in [0.1, 0.15) is 19.3 Å². The van der Waals surface area contributed by atoms with Gasteiger partial charge in [0, 0.05) is 11.9 Å². The zero-order valence-electron chi connectivity index (χ0n) is 7.29. The Hall–Kier alpha value is -1.02. The van der Waals surface area contributed by atoms with Crippen LogP contribution in [0, 0.1) is 0 Å². The standard InChI is InChI=1S/C10H16N2/c11-8-4-3-7-10-6-2-1-5-9-12-10/h1-2,5-6,9,12H,3-4,7-8,11H2. The molecule has 0 amide bonds. The molecule has 0 bridgehead atoms. The number of rotatable bonds is 4. The van der Waals surface area contributed by atoms with Gasteiger partial charge in [-0.05, 0) is 38.0 Å². The molecule has 1 aliphatic rings. The molecule has 0 radical (unpaired) electrons. The lowest BCUT2D eigenvalue weighted by molar-refractivity contribution is 0.719. The molecule has 0 spiro atoms. The van der Waals surface area contributed by atoms with Gasteiger partial charge in [-0.25, -0.2) is 0 Å². The van der Waals surface area contributed by atoms with Crippen LogP contribution >= 0.6 is 0 Å². The van der Waals surface area contributed by atoms with E-state index in [-0.39, 0.29) is 0 Å². The van der Waals surface area contributed by atoms with E-state index in [1.165, 1.54) is 5.70 Å². The largest absolute Gasteiger partial charge is 0.365 e. The van der Waals surface area contributed by atoms with Crippen molar-refractivity contribution in [2.45, 2.75) is 19.3 Å². The van der Waals surface area contributed by atoms with Gasteiger partial charge in [-0.15, -0.1) is 0 Å². The van der Waals surface area contributed by atoms with Gasteiger partial charge in [-0.2, -0.15) is 0 Å². The molecule has 0 saturated heterocycles. The Bertz CT molecular complexity index is 202. The number of allylic oxidation sites excluding steroid dienone is 5. The normalized spacial score (nSPS) is 15.2. The number of hydrogen-bond acceptors (Lipinski definition) is 2. The predicted octanol–water partition coefficient (Wildman–Crippen LogP) is 1.67. The Morgan fingerprint density at radius 2 is 2.08 bits per heavy atom. The Balaban J connectivity index is 2.26. The fourth-order valence-electron chi connectivity index (χ4n) is 1.11. The summed E-state index contributed by atoms with van der Waals surface area (Å²) in [6.45, 7) is 0.791. The molecule has 12 heavy (non-hydrogen) atoms. The minimum absolute atomic E-state index is 0.791. The van der Waals surface area contributed by atoms with Crippen molar-refractivity contribution < 1.29 is 0 Å². The van der Waals surface area contributed by atoms with E-state index >= 15 is 0 Å². The van der Waals surface area contributed by atoms with Crippen molar-refractivity contribution in [1.82, 2.24) is 5.32 Å². The van der Waals surface area contributed by atoms with E-state index < -0.39 is 0 Å². The van der Waals surface area contributed by atoms with Crippen molar-refractivity contribution in [2.75, 3.05) is 6.54 Å². The second-order valence-electron chi connectivity index (χ2n) is 2.83. The molecule has 0 unspecified atom stereocenters.